The van der Waals surface area contributed by atoms with Crippen LogP contribution in [-0.2, 0) is 16.4 Å². The Hall–Kier alpha value is -1.97. The molecule has 6 nitrogen and oxygen atoms in total. The molecule has 0 spiro atoms. The van der Waals surface area contributed by atoms with Crippen molar-refractivity contribution in [3.05, 3.63) is 74.7 Å². The first-order valence-electron chi connectivity index (χ1n) is 8.96. The van der Waals surface area contributed by atoms with Gasteiger partial charge >= 0.3 is 0 Å². The molecule has 0 aliphatic rings. The molecule has 0 fully saturated rings. The maximum absolute atomic E-state index is 12.7. The summed E-state index contributed by atoms with van der Waals surface area (Å²) >= 11 is 13.4. The van der Waals surface area contributed by atoms with Crippen molar-refractivity contribution in [1.29, 1.82) is 0 Å². The van der Waals surface area contributed by atoms with Crippen molar-refractivity contribution in [2.45, 2.75) is 31.2 Å². The Balaban J connectivity index is 1.75. The number of carbonyl (C=O) groups is 1. The van der Waals surface area contributed by atoms with Gasteiger partial charge in [0.1, 0.15) is 0 Å². The molecule has 1 amide bonds. The third-order valence-corrected chi connectivity index (χ3v) is 7.10. The molecule has 158 valence electrons. The van der Waals surface area contributed by atoms with Gasteiger partial charge in [-0.1, -0.05) is 35.3 Å². The number of anilines is 1. The minimum Gasteiger partial charge on any atom is -0.298 e. The van der Waals surface area contributed by atoms with Crippen molar-refractivity contribution in [3.8, 4) is 0 Å². The van der Waals surface area contributed by atoms with Crippen molar-refractivity contribution >= 4 is 55.6 Å². The lowest BCUT2D eigenvalue weighted by atomic mass is 10.1. The van der Waals surface area contributed by atoms with E-state index in [0.717, 1.165) is 10.4 Å². The summed E-state index contributed by atoms with van der Waals surface area (Å²) in [5, 5.41) is 3.89. The molecule has 30 heavy (non-hydrogen) atoms. The van der Waals surface area contributed by atoms with Crippen LogP contribution < -0.4 is 10.0 Å². The first kappa shape index (κ1) is 22.7. The lowest BCUT2D eigenvalue weighted by Crippen LogP contribution is -2.30. The van der Waals surface area contributed by atoms with Gasteiger partial charge in [-0.3, -0.25) is 10.1 Å². The van der Waals surface area contributed by atoms with E-state index in [1.165, 1.54) is 29.5 Å². The fraction of sp³-hybridized carbons (Fsp3) is 0.200. The Morgan fingerprint density at radius 3 is 2.50 bits per heavy atom. The van der Waals surface area contributed by atoms with Gasteiger partial charge in [-0.15, -0.1) is 11.3 Å². The molecule has 3 aromatic rings. The molecule has 0 aliphatic carbocycles. The number of amides is 1. The zero-order valence-corrected chi connectivity index (χ0v) is 19.3. The summed E-state index contributed by atoms with van der Waals surface area (Å²) in [6, 6.07) is 11.2. The fourth-order valence-corrected chi connectivity index (χ4v) is 5.09. The molecule has 0 atom stereocenters. The molecule has 0 bridgehead atoms. The molecule has 10 heteroatoms. The van der Waals surface area contributed by atoms with Crippen LogP contribution in [0.1, 0.15) is 34.6 Å². The molecular formula is C20H19Cl2N3O3S2. The highest BCUT2D eigenvalue weighted by molar-refractivity contribution is 7.89. The molecule has 1 aromatic heterocycles. The van der Waals surface area contributed by atoms with Gasteiger partial charge in [-0.05, 0) is 49.7 Å². The zero-order valence-electron chi connectivity index (χ0n) is 16.1. The van der Waals surface area contributed by atoms with E-state index in [0.29, 0.717) is 16.6 Å². The average Bonchev–Trinajstić information content (AvgIpc) is 3.09. The standard InChI is InChI=1S/C20H19Cl2N3O3S2/c1-12(2)25-30(27,28)16-7-8-18(22)17(10-16)19(26)24-20-23-11-15(29-20)9-13-3-5-14(21)6-4-13/h3-8,10-12,25H,9H2,1-2H3,(H,23,24,26). The molecule has 0 radical (unpaired) electrons. The number of sulfonamides is 1. The predicted molar refractivity (Wildman–Crippen MR) is 121 cm³/mol. The topological polar surface area (TPSA) is 88.2 Å². The Kier molecular flexibility index (Phi) is 7.15. The van der Waals surface area contributed by atoms with Gasteiger partial charge < -0.3 is 0 Å². The van der Waals surface area contributed by atoms with Crippen LogP contribution in [0.15, 0.2) is 53.6 Å². The van der Waals surface area contributed by atoms with Gasteiger partial charge in [0.15, 0.2) is 5.13 Å². The maximum Gasteiger partial charge on any atom is 0.259 e. The number of rotatable bonds is 7. The second-order valence-electron chi connectivity index (χ2n) is 6.81. The summed E-state index contributed by atoms with van der Waals surface area (Å²) in [5.41, 5.74) is 1.12. The number of benzene rings is 2. The summed E-state index contributed by atoms with van der Waals surface area (Å²) in [7, 11) is -3.75. The van der Waals surface area contributed by atoms with Gasteiger partial charge in [-0.2, -0.15) is 0 Å². The largest absolute Gasteiger partial charge is 0.298 e. The van der Waals surface area contributed by atoms with Crippen LogP contribution in [0.2, 0.25) is 10.0 Å². The minimum absolute atomic E-state index is 0.0340. The smallest absolute Gasteiger partial charge is 0.259 e. The third kappa shape index (κ3) is 5.80. The summed E-state index contributed by atoms with van der Waals surface area (Å²) in [6.45, 7) is 3.43. The van der Waals surface area contributed by atoms with Crippen molar-refractivity contribution < 1.29 is 13.2 Å². The lowest BCUT2D eigenvalue weighted by molar-refractivity contribution is 0.102. The van der Waals surface area contributed by atoms with E-state index in [4.69, 9.17) is 23.2 Å². The maximum atomic E-state index is 12.7. The van der Waals surface area contributed by atoms with E-state index in [1.54, 1.807) is 20.0 Å². The van der Waals surface area contributed by atoms with Crippen LogP contribution in [0.5, 0.6) is 0 Å². The van der Waals surface area contributed by atoms with Crippen molar-refractivity contribution in [3.63, 3.8) is 0 Å². The fourth-order valence-electron chi connectivity index (χ4n) is 2.64. The highest BCUT2D eigenvalue weighted by Gasteiger charge is 2.20. The number of hydrogen-bond donors (Lipinski definition) is 2. The van der Waals surface area contributed by atoms with Crippen LogP contribution in [0.4, 0.5) is 5.13 Å². The predicted octanol–water partition coefficient (Wildman–Crippen LogP) is 4.98. The third-order valence-electron chi connectivity index (χ3n) is 3.95. The Morgan fingerprint density at radius 2 is 1.83 bits per heavy atom. The van der Waals surface area contributed by atoms with Gasteiger partial charge in [0, 0.05) is 28.6 Å². The first-order valence-corrected chi connectivity index (χ1v) is 12.0. The molecule has 1 heterocycles. The lowest BCUT2D eigenvalue weighted by Gasteiger charge is -2.11. The van der Waals surface area contributed by atoms with Crippen LogP contribution in [0.25, 0.3) is 0 Å². The quantitative estimate of drug-likeness (QED) is 0.495. The van der Waals surface area contributed by atoms with E-state index < -0.39 is 15.9 Å². The first-order chi connectivity index (χ1) is 14.1. The second-order valence-corrected chi connectivity index (χ2v) is 10.5. The molecule has 0 saturated heterocycles. The number of carbonyl (C=O) groups excluding carboxylic acids is 1. The number of nitrogens with one attached hydrogen (secondary N) is 2. The Morgan fingerprint density at radius 1 is 1.13 bits per heavy atom. The van der Waals surface area contributed by atoms with E-state index in [-0.39, 0.29) is 21.5 Å². The second kappa shape index (κ2) is 9.45. The van der Waals surface area contributed by atoms with E-state index >= 15 is 0 Å². The van der Waals surface area contributed by atoms with Crippen LogP contribution in [0.3, 0.4) is 0 Å². The van der Waals surface area contributed by atoms with E-state index in [9.17, 15) is 13.2 Å². The number of aromatic nitrogens is 1. The SMILES string of the molecule is CC(C)NS(=O)(=O)c1ccc(Cl)c(C(=O)Nc2ncc(Cc3ccc(Cl)cc3)s2)c1. The Labute approximate surface area is 189 Å². The van der Waals surface area contributed by atoms with Gasteiger partial charge in [0.2, 0.25) is 10.0 Å². The number of thiazole rings is 1. The van der Waals surface area contributed by atoms with E-state index in [1.807, 2.05) is 24.3 Å². The number of hydrogen-bond acceptors (Lipinski definition) is 5. The molecule has 2 N–H and O–H groups in total. The number of nitrogens with zero attached hydrogens (tertiary/aromatic N) is 1. The number of halogens is 2. The van der Waals surface area contributed by atoms with Crippen LogP contribution in [0, 0.1) is 0 Å². The van der Waals surface area contributed by atoms with Crippen molar-refractivity contribution in [2.24, 2.45) is 0 Å². The monoisotopic (exact) mass is 483 g/mol. The normalized spacial score (nSPS) is 11.6. The summed E-state index contributed by atoms with van der Waals surface area (Å²) in [6.07, 6.45) is 2.34. The highest BCUT2D eigenvalue weighted by Crippen LogP contribution is 2.25. The zero-order chi connectivity index (χ0) is 21.9. The molecule has 0 saturated carbocycles. The minimum atomic E-state index is -3.75. The molecule has 2 aromatic carbocycles. The highest BCUT2D eigenvalue weighted by atomic mass is 35.5. The van der Waals surface area contributed by atoms with Gasteiger partial charge in [0.05, 0.1) is 15.5 Å². The van der Waals surface area contributed by atoms with Crippen LogP contribution >= 0.6 is 34.5 Å². The van der Waals surface area contributed by atoms with Gasteiger partial charge in [-0.25, -0.2) is 18.1 Å². The molecular weight excluding hydrogens is 465 g/mol. The summed E-state index contributed by atoms with van der Waals surface area (Å²) in [5.74, 6) is -0.533. The van der Waals surface area contributed by atoms with Crippen LogP contribution in [-0.4, -0.2) is 25.4 Å². The summed E-state index contributed by atoms with van der Waals surface area (Å²) < 4.78 is 27.2. The van der Waals surface area contributed by atoms with Crippen molar-refractivity contribution in [2.75, 3.05) is 5.32 Å². The van der Waals surface area contributed by atoms with Gasteiger partial charge in [0.25, 0.3) is 5.91 Å². The molecule has 0 aliphatic heterocycles. The summed E-state index contributed by atoms with van der Waals surface area (Å²) in [4.78, 5) is 17.8. The van der Waals surface area contributed by atoms with E-state index in [2.05, 4.69) is 15.0 Å². The molecule has 0 unspecified atom stereocenters. The Bertz CT molecular complexity index is 1160. The average molecular weight is 484 g/mol. The molecule has 3 rings (SSSR count). The van der Waals surface area contributed by atoms with Crippen molar-refractivity contribution in [1.82, 2.24) is 9.71 Å².